The summed E-state index contributed by atoms with van der Waals surface area (Å²) in [4.78, 5) is 0. The van der Waals surface area contributed by atoms with Crippen molar-refractivity contribution in [2.24, 2.45) is 0 Å². The van der Waals surface area contributed by atoms with E-state index in [-0.39, 0.29) is 12.4 Å². The minimum Gasteiger partial charge on any atom is -1.00 e. The SMILES string of the molecule is COCCNCc1ccc(-c2ccccc2)cc1.[Cl-]. The molecule has 0 heterocycles. The van der Waals surface area contributed by atoms with Gasteiger partial charge in [-0.15, -0.1) is 0 Å². The number of nitrogens with one attached hydrogen (secondary N) is 1. The molecule has 0 atom stereocenters. The Morgan fingerprint density at radius 1 is 0.895 bits per heavy atom. The predicted molar refractivity (Wildman–Crippen MR) is 75.5 cm³/mol. The molecule has 1 N–H and O–H groups in total. The molecule has 19 heavy (non-hydrogen) atoms. The van der Waals surface area contributed by atoms with Crippen molar-refractivity contribution in [3.05, 3.63) is 60.2 Å². The Bertz CT molecular complexity index is 456. The first-order valence-corrected chi connectivity index (χ1v) is 6.24. The first-order valence-electron chi connectivity index (χ1n) is 6.24. The van der Waals surface area contributed by atoms with Gasteiger partial charge >= 0.3 is 0 Å². The van der Waals surface area contributed by atoms with Crippen LogP contribution in [0.5, 0.6) is 0 Å². The Kier molecular flexibility index (Phi) is 7.19. The molecule has 2 aromatic carbocycles. The maximum atomic E-state index is 4.99. The minimum atomic E-state index is 0. The van der Waals surface area contributed by atoms with E-state index < -0.39 is 0 Å². The number of benzene rings is 2. The highest BCUT2D eigenvalue weighted by molar-refractivity contribution is 5.63. The molecule has 0 radical (unpaired) electrons. The third kappa shape index (κ3) is 5.03. The van der Waals surface area contributed by atoms with E-state index in [1.807, 2.05) is 6.07 Å². The molecule has 0 amide bonds. The van der Waals surface area contributed by atoms with Gasteiger partial charge in [0.15, 0.2) is 0 Å². The highest BCUT2D eigenvalue weighted by Gasteiger charge is 1.97. The largest absolute Gasteiger partial charge is 1.00 e. The molecule has 0 saturated heterocycles. The quantitative estimate of drug-likeness (QED) is 0.756. The molecule has 0 unspecified atom stereocenters. The number of ether oxygens (including phenoxy) is 1. The van der Waals surface area contributed by atoms with Crippen LogP contribution in [0.3, 0.4) is 0 Å². The molecule has 2 nitrogen and oxygen atoms in total. The van der Waals surface area contributed by atoms with E-state index in [1.165, 1.54) is 16.7 Å². The van der Waals surface area contributed by atoms with Crippen LogP contribution in [-0.4, -0.2) is 20.3 Å². The standard InChI is InChI=1S/C16H19NO.ClH/c1-18-12-11-17-13-14-7-9-16(10-8-14)15-5-3-2-4-6-15;/h2-10,17H,11-13H2,1H3;1H/p-1. The van der Waals surface area contributed by atoms with Crippen molar-refractivity contribution in [2.45, 2.75) is 6.54 Å². The molecule has 0 fully saturated rings. The molecule has 0 spiro atoms. The molecule has 102 valence electrons. The van der Waals surface area contributed by atoms with Gasteiger partial charge in [-0.05, 0) is 16.7 Å². The lowest BCUT2D eigenvalue weighted by Gasteiger charge is -2.06. The fourth-order valence-corrected chi connectivity index (χ4v) is 1.85. The summed E-state index contributed by atoms with van der Waals surface area (Å²) < 4.78 is 4.99. The Balaban J connectivity index is 0.00000180. The van der Waals surface area contributed by atoms with Crippen LogP contribution in [-0.2, 0) is 11.3 Å². The molecule has 0 bridgehead atoms. The zero-order valence-electron chi connectivity index (χ0n) is 11.1. The average molecular weight is 277 g/mol. The van der Waals surface area contributed by atoms with Crippen LogP contribution in [0.15, 0.2) is 54.6 Å². The Morgan fingerprint density at radius 2 is 1.53 bits per heavy atom. The van der Waals surface area contributed by atoms with Crippen LogP contribution in [0.1, 0.15) is 5.56 Å². The maximum Gasteiger partial charge on any atom is 0.0587 e. The fourth-order valence-electron chi connectivity index (χ4n) is 1.85. The average Bonchev–Trinajstić information content (AvgIpc) is 2.45. The van der Waals surface area contributed by atoms with Gasteiger partial charge in [-0.1, -0.05) is 54.6 Å². The van der Waals surface area contributed by atoms with E-state index in [9.17, 15) is 0 Å². The summed E-state index contributed by atoms with van der Waals surface area (Å²) in [6.45, 7) is 2.53. The van der Waals surface area contributed by atoms with E-state index in [0.29, 0.717) is 0 Å². The van der Waals surface area contributed by atoms with Crippen molar-refractivity contribution in [3.8, 4) is 11.1 Å². The summed E-state index contributed by atoms with van der Waals surface area (Å²) in [5, 5.41) is 3.34. The third-order valence-electron chi connectivity index (χ3n) is 2.87. The van der Waals surface area contributed by atoms with Crippen molar-refractivity contribution in [2.75, 3.05) is 20.3 Å². The molecule has 0 aliphatic rings. The van der Waals surface area contributed by atoms with Crippen molar-refractivity contribution in [3.63, 3.8) is 0 Å². The van der Waals surface area contributed by atoms with Crippen LogP contribution in [0, 0.1) is 0 Å². The molecule has 2 rings (SSSR count). The van der Waals surface area contributed by atoms with Crippen LogP contribution in [0.4, 0.5) is 0 Å². The van der Waals surface area contributed by atoms with Gasteiger partial charge in [0.05, 0.1) is 6.61 Å². The highest BCUT2D eigenvalue weighted by atomic mass is 35.5. The smallest absolute Gasteiger partial charge is 0.0587 e. The summed E-state index contributed by atoms with van der Waals surface area (Å²) >= 11 is 0. The molecular formula is C16H19ClNO-. The number of hydrogen-bond acceptors (Lipinski definition) is 2. The lowest BCUT2D eigenvalue weighted by atomic mass is 10.0. The summed E-state index contributed by atoms with van der Waals surface area (Å²) in [5.74, 6) is 0. The van der Waals surface area contributed by atoms with Crippen molar-refractivity contribution in [1.29, 1.82) is 0 Å². The van der Waals surface area contributed by atoms with Crippen LogP contribution < -0.4 is 17.7 Å². The van der Waals surface area contributed by atoms with Crippen LogP contribution in [0.2, 0.25) is 0 Å². The van der Waals surface area contributed by atoms with Gasteiger partial charge < -0.3 is 22.5 Å². The summed E-state index contributed by atoms with van der Waals surface area (Å²) in [7, 11) is 1.72. The topological polar surface area (TPSA) is 21.3 Å². The maximum absolute atomic E-state index is 4.99. The number of rotatable bonds is 6. The Labute approximate surface area is 121 Å². The number of hydrogen-bond donors (Lipinski definition) is 1. The molecule has 2 aromatic rings. The van der Waals surface area contributed by atoms with Gasteiger partial charge in [0, 0.05) is 20.2 Å². The summed E-state index contributed by atoms with van der Waals surface area (Å²) in [6, 6.07) is 19.1. The number of halogens is 1. The van der Waals surface area contributed by atoms with E-state index >= 15 is 0 Å². The molecular weight excluding hydrogens is 258 g/mol. The van der Waals surface area contributed by atoms with Gasteiger partial charge in [-0.3, -0.25) is 0 Å². The molecule has 0 saturated carbocycles. The summed E-state index contributed by atoms with van der Waals surface area (Å²) in [6.07, 6.45) is 0. The van der Waals surface area contributed by atoms with Gasteiger partial charge in [0.25, 0.3) is 0 Å². The first kappa shape index (κ1) is 15.7. The minimum absolute atomic E-state index is 0. The van der Waals surface area contributed by atoms with Gasteiger partial charge in [-0.2, -0.15) is 0 Å². The number of methoxy groups -OCH3 is 1. The van der Waals surface area contributed by atoms with Crippen molar-refractivity contribution < 1.29 is 17.1 Å². The third-order valence-corrected chi connectivity index (χ3v) is 2.87. The zero-order valence-corrected chi connectivity index (χ0v) is 11.9. The van der Waals surface area contributed by atoms with E-state index in [0.717, 1.165) is 19.7 Å². The van der Waals surface area contributed by atoms with E-state index in [4.69, 9.17) is 4.74 Å². The van der Waals surface area contributed by atoms with Gasteiger partial charge in [0.1, 0.15) is 0 Å². The fraction of sp³-hybridized carbons (Fsp3) is 0.250. The second kappa shape index (κ2) is 8.70. The molecule has 0 aliphatic heterocycles. The predicted octanol–water partition coefficient (Wildman–Crippen LogP) is 0.0936. The lowest BCUT2D eigenvalue weighted by Crippen LogP contribution is -3.00. The van der Waals surface area contributed by atoms with Crippen LogP contribution in [0.25, 0.3) is 11.1 Å². The molecule has 0 aromatic heterocycles. The zero-order chi connectivity index (χ0) is 12.6. The normalized spacial score (nSPS) is 9.95. The second-order valence-corrected chi connectivity index (χ2v) is 4.23. The first-order chi connectivity index (χ1) is 8.90. The van der Waals surface area contributed by atoms with E-state index in [2.05, 4.69) is 53.8 Å². The lowest BCUT2D eigenvalue weighted by molar-refractivity contribution is -0.00000398. The van der Waals surface area contributed by atoms with E-state index in [1.54, 1.807) is 7.11 Å². The van der Waals surface area contributed by atoms with Crippen LogP contribution >= 0.6 is 0 Å². The van der Waals surface area contributed by atoms with Gasteiger partial charge in [-0.25, -0.2) is 0 Å². The monoisotopic (exact) mass is 276 g/mol. The molecule has 3 heteroatoms. The highest BCUT2D eigenvalue weighted by Crippen LogP contribution is 2.18. The van der Waals surface area contributed by atoms with Crippen molar-refractivity contribution in [1.82, 2.24) is 5.32 Å². The van der Waals surface area contributed by atoms with Crippen molar-refractivity contribution >= 4 is 0 Å². The molecule has 0 aliphatic carbocycles. The Hall–Kier alpha value is -1.35. The summed E-state index contributed by atoms with van der Waals surface area (Å²) in [5.41, 5.74) is 3.82. The second-order valence-electron chi connectivity index (χ2n) is 4.23. The van der Waals surface area contributed by atoms with Gasteiger partial charge in [0.2, 0.25) is 0 Å². The Morgan fingerprint density at radius 3 is 2.16 bits per heavy atom.